The van der Waals surface area contributed by atoms with Crippen molar-refractivity contribution in [3.8, 4) is 22.6 Å². The van der Waals surface area contributed by atoms with Gasteiger partial charge < -0.3 is 4.42 Å². The summed E-state index contributed by atoms with van der Waals surface area (Å²) in [6.07, 6.45) is 0. The number of rotatable bonds is 2. The number of fused-ring (bicyclic) bond motifs is 4. The van der Waals surface area contributed by atoms with Crippen molar-refractivity contribution in [2.24, 2.45) is 0 Å². The fraction of sp³-hybridized carbons (Fsp3) is 0.0741. The average molecular weight is 406 g/mol. The molecule has 3 heteroatoms. The number of thiophene rings is 1. The predicted molar refractivity (Wildman–Crippen MR) is 127 cm³/mol. The number of nitrogens with zero attached hydrogens (tertiary/aromatic N) is 1. The monoisotopic (exact) mass is 405 g/mol. The zero-order chi connectivity index (χ0) is 20.2. The summed E-state index contributed by atoms with van der Waals surface area (Å²) in [5.74, 6) is 0.661. The van der Waals surface area contributed by atoms with Crippen molar-refractivity contribution < 1.29 is 4.42 Å². The van der Waals surface area contributed by atoms with Crippen molar-refractivity contribution in [2.45, 2.75) is 13.8 Å². The molecule has 0 aliphatic heterocycles. The van der Waals surface area contributed by atoms with Crippen LogP contribution in [0, 0.1) is 13.8 Å². The topological polar surface area (TPSA) is 26.0 Å². The van der Waals surface area contributed by atoms with E-state index < -0.39 is 0 Å². The van der Waals surface area contributed by atoms with Crippen molar-refractivity contribution in [3.63, 3.8) is 0 Å². The molecule has 0 saturated heterocycles. The highest BCUT2D eigenvalue weighted by atomic mass is 32.1. The Balaban J connectivity index is 1.57. The second kappa shape index (κ2) is 6.54. The third-order valence-corrected chi connectivity index (χ3v) is 6.80. The molecule has 4 aromatic carbocycles. The van der Waals surface area contributed by atoms with E-state index in [9.17, 15) is 0 Å². The molecule has 2 nitrogen and oxygen atoms in total. The van der Waals surface area contributed by atoms with Crippen LogP contribution in [0.4, 0.5) is 0 Å². The summed E-state index contributed by atoms with van der Waals surface area (Å²) >= 11 is 1.87. The Morgan fingerprint density at radius 2 is 1.57 bits per heavy atom. The summed E-state index contributed by atoms with van der Waals surface area (Å²) < 4.78 is 8.67. The number of aryl methyl sites for hydroxylation is 2. The van der Waals surface area contributed by atoms with Gasteiger partial charge in [-0.1, -0.05) is 35.9 Å². The maximum Gasteiger partial charge on any atom is 0.227 e. The van der Waals surface area contributed by atoms with Crippen LogP contribution in [0.3, 0.4) is 0 Å². The smallest absolute Gasteiger partial charge is 0.227 e. The molecule has 0 amide bonds. The van der Waals surface area contributed by atoms with Crippen molar-refractivity contribution >= 4 is 42.6 Å². The zero-order valence-corrected chi connectivity index (χ0v) is 17.6. The number of hydrogen-bond donors (Lipinski definition) is 0. The number of oxazole rings is 1. The summed E-state index contributed by atoms with van der Waals surface area (Å²) in [4.78, 5) is 4.68. The lowest BCUT2D eigenvalue weighted by atomic mass is 9.98. The molecule has 6 aromatic rings. The molecule has 0 unspecified atom stereocenters. The van der Waals surface area contributed by atoms with Crippen LogP contribution < -0.4 is 0 Å². The minimum Gasteiger partial charge on any atom is -0.436 e. The van der Waals surface area contributed by atoms with Crippen LogP contribution in [0.15, 0.2) is 83.3 Å². The number of hydrogen-bond acceptors (Lipinski definition) is 3. The molecule has 0 aliphatic rings. The van der Waals surface area contributed by atoms with Crippen LogP contribution in [0.1, 0.15) is 11.1 Å². The SMILES string of the molecule is Cc1ccc2sc3c(-c4cccc(-c5nc6ccccc6o5)c4)cc(C)cc3c2c1. The molecule has 30 heavy (non-hydrogen) atoms. The maximum atomic E-state index is 6.01. The van der Waals surface area contributed by atoms with Crippen LogP contribution >= 0.6 is 11.3 Å². The molecule has 0 fully saturated rings. The van der Waals surface area contributed by atoms with E-state index in [1.54, 1.807) is 0 Å². The first-order valence-corrected chi connectivity index (χ1v) is 10.9. The van der Waals surface area contributed by atoms with Crippen LogP contribution in [-0.4, -0.2) is 4.98 Å². The maximum absolute atomic E-state index is 6.01. The largest absolute Gasteiger partial charge is 0.436 e. The number of benzene rings is 4. The predicted octanol–water partition coefficient (Wildman–Crippen LogP) is 8.15. The Bertz CT molecular complexity index is 1540. The van der Waals surface area contributed by atoms with Gasteiger partial charge in [-0.05, 0) is 79.1 Å². The Hall–Kier alpha value is -3.43. The summed E-state index contributed by atoms with van der Waals surface area (Å²) in [7, 11) is 0. The Kier molecular flexibility index (Phi) is 3.80. The van der Waals surface area contributed by atoms with Gasteiger partial charge in [0, 0.05) is 25.7 Å². The molecule has 6 rings (SSSR count). The fourth-order valence-corrected chi connectivity index (χ4v) is 5.37. The quantitative estimate of drug-likeness (QED) is 0.290. The van der Waals surface area contributed by atoms with Gasteiger partial charge in [0.1, 0.15) is 5.52 Å². The van der Waals surface area contributed by atoms with Crippen molar-refractivity contribution in [2.75, 3.05) is 0 Å². The van der Waals surface area contributed by atoms with Gasteiger partial charge in [-0.15, -0.1) is 11.3 Å². The normalized spacial score (nSPS) is 11.7. The van der Waals surface area contributed by atoms with Crippen molar-refractivity contribution in [3.05, 3.63) is 90.0 Å². The molecule has 2 aromatic heterocycles. The highest BCUT2D eigenvalue weighted by Gasteiger charge is 2.14. The Labute approximate surface area is 178 Å². The summed E-state index contributed by atoms with van der Waals surface area (Å²) in [5.41, 5.74) is 7.71. The zero-order valence-electron chi connectivity index (χ0n) is 16.8. The van der Waals surface area contributed by atoms with Gasteiger partial charge >= 0.3 is 0 Å². The van der Waals surface area contributed by atoms with Crippen molar-refractivity contribution in [1.29, 1.82) is 0 Å². The van der Waals surface area contributed by atoms with E-state index in [1.807, 2.05) is 35.6 Å². The second-order valence-electron chi connectivity index (χ2n) is 7.86. The van der Waals surface area contributed by atoms with Crippen molar-refractivity contribution in [1.82, 2.24) is 4.98 Å². The van der Waals surface area contributed by atoms with Gasteiger partial charge in [0.2, 0.25) is 5.89 Å². The summed E-state index contributed by atoms with van der Waals surface area (Å²) in [5, 5.41) is 2.68. The lowest BCUT2D eigenvalue weighted by molar-refractivity contribution is 0.620. The van der Waals surface area contributed by atoms with Gasteiger partial charge in [0.15, 0.2) is 5.58 Å². The summed E-state index contributed by atoms with van der Waals surface area (Å²) in [6, 6.07) is 27.7. The van der Waals surface area contributed by atoms with Crippen LogP contribution in [0.25, 0.3) is 53.9 Å². The van der Waals surface area contributed by atoms with E-state index >= 15 is 0 Å². The molecule has 0 spiro atoms. The van der Waals surface area contributed by atoms with Gasteiger partial charge in [0.05, 0.1) is 0 Å². The molecular formula is C27H19NOS. The molecule has 0 N–H and O–H groups in total. The lowest BCUT2D eigenvalue weighted by Crippen LogP contribution is -1.84. The highest BCUT2D eigenvalue weighted by molar-refractivity contribution is 7.26. The van der Waals surface area contributed by atoms with E-state index in [0.29, 0.717) is 5.89 Å². The third-order valence-electron chi connectivity index (χ3n) is 5.58. The van der Waals surface area contributed by atoms with Gasteiger partial charge in [0.25, 0.3) is 0 Å². The number of para-hydroxylation sites is 2. The molecule has 0 aliphatic carbocycles. The molecule has 0 saturated carbocycles. The van der Waals surface area contributed by atoms with E-state index in [1.165, 1.54) is 42.4 Å². The molecule has 0 radical (unpaired) electrons. The van der Waals surface area contributed by atoms with E-state index in [0.717, 1.165) is 16.7 Å². The first kappa shape index (κ1) is 17.4. The second-order valence-corrected chi connectivity index (χ2v) is 8.91. The van der Waals surface area contributed by atoms with Crippen LogP contribution in [0.2, 0.25) is 0 Å². The Morgan fingerprint density at radius 3 is 2.47 bits per heavy atom. The van der Waals surface area contributed by atoms with Gasteiger partial charge in [-0.3, -0.25) is 0 Å². The van der Waals surface area contributed by atoms with Gasteiger partial charge in [-0.2, -0.15) is 0 Å². The minimum atomic E-state index is 0.661. The van der Waals surface area contributed by atoms with Gasteiger partial charge in [-0.25, -0.2) is 4.98 Å². The summed E-state index contributed by atoms with van der Waals surface area (Å²) in [6.45, 7) is 4.33. The molecule has 144 valence electrons. The minimum absolute atomic E-state index is 0.661. The molecular weight excluding hydrogens is 386 g/mol. The fourth-order valence-electron chi connectivity index (χ4n) is 4.17. The van der Waals surface area contributed by atoms with E-state index in [2.05, 4.69) is 73.4 Å². The first-order valence-electron chi connectivity index (χ1n) is 10.1. The van der Waals surface area contributed by atoms with E-state index in [-0.39, 0.29) is 0 Å². The first-order chi connectivity index (χ1) is 14.7. The molecule has 0 bridgehead atoms. The van der Waals surface area contributed by atoms with E-state index in [4.69, 9.17) is 4.42 Å². The third kappa shape index (κ3) is 2.74. The molecule has 2 heterocycles. The lowest BCUT2D eigenvalue weighted by Gasteiger charge is -2.07. The van der Waals surface area contributed by atoms with Crippen LogP contribution in [-0.2, 0) is 0 Å². The molecule has 0 atom stereocenters. The van der Waals surface area contributed by atoms with Crippen LogP contribution in [0.5, 0.6) is 0 Å². The average Bonchev–Trinajstić information content (AvgIpc) is 3.35. The number of aromatic nitrogens is 1. The highest BCUT2D eigenvalue weighted by Crippen LogP contribution is 2.41. The standard InChI is InChI=1S/C27H19NOS/c1-16-10-11-25-21(12-16)22-14-17(2)13-20(26(22)30-25)18-6-5-7-19(15-18)27-28-23-8-3-4-9-24(23)29-27/h3-15H,1-2H3. The Morgan fingerprint density at radius 1 is 0.733 bits per heavy atom.